The quantitative estimate of drug-likeness (QED) is 0.480. The first-order chi connectivity index (χ1) is 4.20. The fourth-order valence-corrected chi connectivity index (χ4v) is 1.15. The van der Waals surface area contributed by atoms with Gasteiger partial charge in [0.05, 0.1) is 0 Å². The van der Waals surface area contributed by atoms with Crippen LogP contribution in [0.2, 0.25) is 0 Å². The average molecular weight is 138 g/mol. The lowest BCUT2D eigenvalue weighted by Crippen LogP contribution is -1.96. The maximum Gasteiger partial charge on any atom is -0.0221 e. The third kappa shape index (κ3) is 2.02. The Kier molecular flexibility index (Phi) is 3.41. The summed E-state index contributed by atoms with van der Waals surface area (Å²) in [5.41, 5.74) is 2.90. The maximum absolute atomic E-state index is 2.34. The van der Waals surface area contributed by atoms with Gasteiger partial charge in [0.1, 0.15) is 0 Å². The largest absolute Gasteiger partial charge is 0.0808 e. The average Bonchev–Trinajstić information content (AvgIpc) is 1.80. The lowest BCUT2D eigenvalue weighted by atomic mass is 9.94. The summed E-state index contributed by atoms with van der Waals surface area (Å²) < 4.78 is 0. The standard InChI is InChI=1S/C9H14.CH4/c1-7-4-5-8(2)9(3)6-7;/h5-7H,4H2,1-3H3;1H4. The van der Waals surface area contributed by atoms with Crippen LogP contribution in [0.15, 0.2) is 23.3 Å². The Hall–Kier alpha value is -0.520. The molecule has 0 aromatic rings. The summed E-state index contributed by atoms with van der Waals surface area (Å²) in [5.74, 6) is 0.758. The van der Waals surface area contributed by atoms with Crippen LogP contribution >= 0.6 is 0 Å². The van der Waals surface area contributed by atoms with Gasteiger partial charge in [-0.2, -0.15) is 0 Å². The number of rotatable bonds is 0. The molecule has 0 saturated carbocycles. The summed E-state index contributed by atoms with van der Waals surface area (Å²) in [4.78, 5) is 0. The minimum Gasteiger partial charge on any atom is -0.0808 e. The first-order valence-corrected chi connectivity index (χ1v) is 3.55. The van der Waals surface area contributed by atoms with Crippen LogP contribution in [-0.4, -0.2) is 0 Å². The summed E-state index contributed by atoms with van der Waals surface area (Å²) in [7, 11) is 0. The molecule has 0 fully saturated rings. The molecule has 0 amide bonds. The zero-order chi connectivity index (χ0) is 6.85. The molecule has 10 heavy (non-hydrogen) atoms. The molecule has 0 N–H and O–H groups in total. The van der Waals surface area contributed by atoms with E-state index >= 15 is 0 Å². The van der Waals surface area contributed by atoms with Crippen molar-refractivity contribution in [3.05, 3.63) is 23.3 Å². The van der Waals surface area contributed by atoms with E-state index in [0.29, 0.717) is 0 Å². The first kappa shape index (κ1) is 9.48. The van der Waals surface area contributed by atoms with Gasteiger partial charge >= 0.3 is 0 Å². The Morgan fingerprint density at radius 2 is 1.90 bits per heavy atom. The molecule has 1 aliphatic rings. The predicted molar refractivity (Wildman–Crippen MR) is 48.0 cm³/mol. The first-order valence-electron chi connectivity index (χ1n) is 3.55. The minimum absolute atomic E-state index is 0. The van der Waals surface area contributed by atoms with Crippen LogP contribution in [0.4, 0.5) is 0 Å². The van der Waals surface area contributed by atoms with Crippen molar-refractivity contribution in [3.8, 4) is 0 Å². The van der Waals surface area contributed by atoms with E-state index in [0.717, 1.165) is 5.92 Å². The van der Waals surface area contributed by atoms with E-state index in [2.05, 4.69) is 32.9 Å². The van der Waals surface area contributed by atoms with Crippen molar-refractivity contribution in [1.82, 2.24) is 0 Å². The summed E-state index contributed by atoms with van der Waals surface area (Å²) in [5, 5.41) is 0. The molecule has 0 spiro atoms. The van der Waals surface area contributed by atoms with Crippen LogP contribution in [-0.2, 0) is 0 Å². The molecule has 1 unspecified atom stereocenters. The highest BCUT2D eigenvalue weighted by molar-refractivity contribution is 5.30. The summed E-state index contributed by atoms with van der Waals surface area (Å²) in [6.07, 6.45) is 5.89. The van der Waals surface area contributed by atoms with Crippen molar-refractivity contribution in [3.63, 3.8) is 0 Å². The number of allylic oxidation sites excluding steroid dienone is 4. The summed E-state index contributed by atoms with van der Waals surface area (Å²) in [6, 6.07) is 0. The molecule has 0 aliphatic heterocycles. The van der Waals surface area contributed by atoms with Gasteiger partial charge in [0, 0.05) is 0 Å². The normalized spacial score (nSPS) is 24.5. The van der Waals surface area contributed by atoms with E-state index in [-0.39, 0.29) is 7.43 Å². The van der Waals surface area contributed by atoms with Crippen molar-refractivity contribution in [2.75, 3.05) is 0 Å². The van der Waals surface area contributed by atoms with Gasteiger partial charge < -0.3 is 0 Å². The lowest BCUT2D eigenvalue weighted by Gasteiger charge is -2.12. The zero-order valence-electron chi connectivity index (χ0n) is 6.44. The highest BCUT2D eigenvalue weighted by Gasteiger charge is 2.03. The monoisotopic (exact) mass is 138 g/mol. The van der Waals surface area contributed by atoms with Gasteiger partial charge in [0.15, 0.2) is 0 Å². The Morgan fingerprint density at radius 1 is 1.30 bits per heavy atom. The SMILES string of the molecule is C.CC1=CCC(C)C=C1C. The van der Waals surface area contributed by atoms with Crippen LogP contribution in [0.3, 0.4) is 0 Å². The van der Waals surface area contributed by atoms with Crippen molar-refractivity contribution in [2.45, 2.75) is 34.6 Å². The minimum atomic E-state index is 0. The van der Waals surface area contributed by atoms with E-state index < -0.39 is 0 Å². The third-order valence-corrected chi connectivity index (χ3v) is 1.95. The van der Waals surface area contributed by atoms with Crippen molar-refractivity contribution < 1.29 is 0 Å². The molecule has 0 saturated heterocycles. The third-order valence-electron chi connectivity index (χ3n) is 1.95. The molecule has 1 aliphatic carbocycles. The van der Waals surface area contributed by atoms with Gasteiger partial charge in [-0.1, -0.05) is 37.6 Å². The maximum atomic E-state index is 2.34. The number of hydrogen-bond acceptors (Lipinski definition) is 0. The lowest BCUT2D eigenvalue weighted by molar-refractivity contribution is 0.722. The van der Waals surface area contributed by atoms with Gasteiger partial charge in [0.25, 0.3) is 0 Å². The molecule has 0 aromatic carbocycles. The molecule has 0 heterocycles. The second kappa shape index (κ2) is 3.60. The van der Waals surface area contributed by atoms with Gasteiger partial charge in [-0.15, -0.1) is 0 Å². The smallest absolute Gasteiger partial charge is 0.0221 e. The topological polar surface area (TPSA) is 0 Å². The van der Waals surface area contributed by atoms with Gasteiger partial charge in [-0.3, -0.25) is 0 Å². The second-order valence-electron chi connectivity index (χ2n) is 2.95. The molecule has 58 valence electrons. The molecule has 0 heteroatoms. The van der Waals surface area contributed by atoms with E-state index in [4.69, 9.17) is 0 Å². The second-order valence-corrected chi connectivity index (χ2v) is 2.95. The Morgan fingerprint density at radius 3 is 2.30 bits per heavy atom. The van der Waals surface area contributed by atoms with Gasteiger partial charge in [-0.25, -0.2) is 0 Å². The summed E-state index contributed by atoms with van der Waals surface area (Å²) >= 11 is 0. The molecule has 0 aromatic heterocycles. The molecule has 0 nitrogen and oxygen atoms in total. The van der Waals surface area contributed by atoms with Crippen LogP contribution in [0, 0.1) is 5.92 Å². The molecular weight excluding hydrogens is 120 g/mol. The van der Waals surface area contributed by atoms with Gasteiger partial charge in [-0.05, 0) is 26.2 Å². The van der Waals surface area contributed by atoms with Crippen LogP contribution in [0.5, 0.6) is 0 Å². The van der Waals surface area contributed by atoms with Crippen molar-refractivity contribution in [1.29, 1.82) is 0 Å². The molecule has 1 rings (SSSR count). The van der Waals surface area contributed by atoms with E-state index in [1.54, 1.807) is 0 Å². The van der Waals surface area contributed by atoms with Crippen LogP contribution < -0.4 is 0 Å². The molecular formula is C10H18. The molecule has 1 atom stereocenters. The van der Waals surface area contributed by atoms with Crippen LogP contribution in [0.25, 0.3) is 0 Å². The van der Waals surface area contributed by atoms with E-state index in [9.17, 15) is 0 Å². The summed E-state index contributed by atoms with van der Waals surface area (Å²) in [6.45, 7) is 6.62. The van der Waals surface area contributed by atoms with E-state index in [1.165, 1.54) is 17.6 Å². The highest BCUT2D eigenvalue weighted by Crippen LogP contribution is 2.20. The predicted octanol–water partition coefficient (Wildman–Crippen LogP) is 3.55. The zero-order valence-corrected chi connectivity index (χ0v) is 6.44. The van der Waals surface area contributed by atoms with Crippen molar-refractivity contribution >= 4 is 0 Å². The molecule has 0 bridgehead atoms. The Labute approximate surface area is 64.6 Å². The Bertz CT molecular complexity index is 161. The fraction of sp³-hybridized carbons (Fsp3) is 0.600. The Balaban J connectivity index is 0.000000810. The van der Waals surface area contributed by atoms with Gasteiger partial charge in [0.2, 0.25) is 0 Å². The van der Waals surface area contributed by atoms with Crippen molar-refractivity contribution in [2.24, 2.45) is 5.92 Å². The molecule has 0 radical (unpaired) electrons. The van der Waals surface area contributed by atoms with Crippen LogP contribution in [0.1, 0.15) is 34.6 Å². The number of hydrogen-bond donors (Lipinski definition) is 0. The fourth-order valence-electron chi connectivity index (χ4n) is 1.15. The highest BCUT2D eigenvalue weighted by atomic mass is 14.1. The van der Waals surface area contributed by atoms with E-state index in [1.807, 2.05) is 0 Å².